The van der Waals surface area contributed by atoms with Gasteiger partial charge in [-0.15, -0.1) is 10.2 Å². The normalized spacial score (nSPS) is 12.7. The molecule has 0 fully saturated rings. The lowest BCUT2D eigenvalue weighted by Crippen LogP contribution is -2.15. The molecule has 0 N–H and O–H groups in total. The third kappa shape index (κ3) is 3.31. The van der Waals surface area contributed by atoms with Gasteiger partial charge in [-0.25, -0.2) is 13.1 Å². The SMILES string of the molecule is CC(C)(C)c1nn(-c2ccc(Cl)nn2)c(Cl)c1S(=O)(=O)Cl. The summed E-state index contributed by atoms with van der Waals surface area (Å²) >= 11 is 11.8. The van der Waals surface area contributed by atoms with Crippen LogP contribution in [-0.4, -0.2) is 28.4 Å². The van der Waals surface area contributed by atoms with Gasteiger partial charge >= 0.3 is 0 Å². The third-order valence-electron chi connectivity index (χ3n) is 2.58. The highest BCUT2D eigenvalue weighted by molar-refractivity contribution is 8.13. The van der Waals surface area contributed by atoms with Gasteiger partial charge in [0.25, 0.3) is 9.05 Å². The van der Waals surface area contributed by atoms with Crippen LogP contribution in [-0.2, 0) is 14.5 Å². The number of hydrogen-bond acceptors (Lipinski definition) is 5. The molecule has 114 valence electrons. The molecule has 0 aliphatic heterocycles. The van der Waals surface area contributed by atoms with Crippen molar-refractivity contribution in [3.05, 3.63) is 28.1 Å². The topological polar surface area (TPSA) is 77.7 Å². The first-order valence-electron chi connectivity index (χ1n) is 5.75. The first-order valence-corrected chi connectivity index (χ1v) is 8.81. The van der Waals surface area contributed by atoms with Gasteiger partial charge in [-0.1, -0.05) is 44.0 Å². The zero-order valence-corrected chi connectivity index (χ0v) is 14.4. The van der Waals surface area contributed by atoms with E-state index in [4.69, 9.17) is 33.9 Å². The molecule has 0 aromatic carbocycles. The molecule has 0 aliphatic carbocycles. The second kappa shape index (κ2) is 5.39. The largest absolute Gasteiger partial charge is 0.266 e. The fourth-order valence-electron chi connectivity index (χ4n) is 1.66. The Morgan fingerprint density at radius 2 is 1.76 bits per heavy atom. The van der Waals surface area contributed by atoms with Crippen molar-refractivity contribution in [1.82, 2.24) is 20.0 Å². The highest BCUT2D eigenvalue weighted by Crippen LogP contribution is 2.36. The van der Waals surface area contributed by atoms with Crippen LogP contribution in [0.3, 0.4) is 0 Å². The van der Waals surface area contributed by atoms with Crippen LogP contribution in [0.4, 0.5) is 0 Å². The van der Waals surface area contributed by atoms with Crippen molar-refractivity contribution in [3.63, 3.8) is 0 Å². The van der Waals surface area contributed by atoms with Crippen LogP contribution in [0, 0.1) is 0 Å². The van der Waals surface area contributed by atoms with E-state index >= 15 is 0 Å². The zero-order valence-electron chi connectivity index (χ0n) is 11.3. The van der Waals surface area contributed by atoms with Crippen molar-refractivity contribution in [2.24, 2.45) is 0 Å². The summed E-state index contributed by atoms with van der Waals surface area (Å²) in [7, 11) is 1.42. The number of hydrogen-bond donors (Lipinski definition) is 0. The van der Waals surface area contributed by atoms with E-state index in [-0.39, 0.29) is 26.7 Å². The second-order valence-electron chi connectivity index (χ2n) is 5.28. The van der Waals surface area contributed by atoms with Crippen LogP contribution in [0.1, 0.15) is 26.5 Å². The Kier molecular flexibility index (Phi) is 4.23. The molecule has 0 saturated heterocycles. The third-order valence-corrected chi connectivity index (χ3v) is 4.58. The fourth-order valence-corrected chi connectivity index (χ4v) is 3.71. The standard InChI is InChI=1S/C11H11Cl3N4O2S/c1-11(2,3)9-8(21(14,19)20)10(13)18(17-9)7-5-4-6(12)15-16-7/h4-5H,1-3H3. The van der Waals surface area contributed by atoms with Gasteiger partial charge in [-0.3, -0.25) is 0 Å². The van der Waals surface area contributed by atoms with Gasteiger partial charge in [-0.05, 0) is 12.1 Å². The summed E-state index contributed by atoms with van der Waals surface area (Å²) in [5, 5.41) is 11.8. The molecule has 2 aromatic heterocycles. The lowest BCUT2D eigenvalue weighted by atomic mass is 9.92. The van der Waals surface area contributed by atoms with Crippen LogP contribution in [0.2, 0.25) is 10.3 Å². The van der Waals surface area contributed by atoms with E-state index in [1.54, 1.807) is 20.8 Å². The molecule has 0 amide bonds. The Labute approximate surface area is 136 Å². The summed E-state index contributed by atoms with van der Waals surface area (Å²) in [6, 6.07) is 3.01. The number of aromatic nitrogens is 4. The van der Waals surface area contributed by atoms with Crippen molar-refractivity contribution in [2.45, 2.75) is 31.1 Å². The molecule has 10 heteroatoms. The molecule has 21 heavy (non-hydrogen) atoms. The van der Waals surface area contributed by atoms with Crippen molar-refractivity contribution >= 4 is 42.9 Å². The minimum absolute atomic E-state index is 0.147. The predicted octanol–water partition coefficient (Wildman–Crippen LogP) is 3.19. The Morgan fingerprint density at radius 1 is 1.14 bits per heavy atom. The quantitative estimate of drug-likeness (QED) is 0.760. The minimum Gasteiger partial charge on any atom is -0.207 e. The lowest BCUT2D eigenvalue weighted by Gasteiger charge is -2.16. The number of halogens is 3. The maximum absolute atomic E-state index is 11.8. The summed E-state index contributed by atoms with van der Waals surface area (Å²) in [6.07, 6.45) is 0. The van der Waals surface area contributed by atoms with E-state index in [9.17, 15) is 8.42 Å². The van der Waals surface area contributed by atoms with Crippen molar-refractivity contribution < 1.29 is 8.42 Å². The van der Waals surface area contributed by atoms with E-state index in [0.29, 0.717) is 0 Å². The van der Waals surface area contributed by atoms with Crippen LogP contribution < -0.4 is 0 Å². The maximum atomic E-state index is 11.8. The molecule has 0 saturated carbocycles. The van der Waals surface area contributed by atoms with Gasteiger partial charge in [-0.2, -0.15) is 5.10 Å². The average molecular weight is 370 g/mol. The molecule has 0 radical (unpaired) electrons. The number of rotatable bonds is 2. The maximum Gasteiger partial charge on any atom is 0.266 e. The second-order valence-corrected chi connectivity index (χ2v) is 8.53. The van der Waals surface area contributed by atoms with Gasteiger partial charge in [0.2, 0.25) is 0 Å². The van der Waals surface area contributed by atoms with Gasteiger partial charge in [0.05, 0.1) is 5.69 Å². The van der Waals surface area contributed by atoms with Gasteiger partial charge in [0.15, 0.2) is 16.1 Å². The van der Waals surface area contributed by atoms with E-state index in [1.165, 1.54) is 16.8 Å². The van der Waals surface area contributed by atoms with E-state index in [2.05, 4.69) is 15.3 Å². The van der Waals surface area contributed by atoms with E-state index < -0.39 is 14.5 Å². The monoisotopic (exact) mass is 368 g/mol. The Bertz CT molecular complexity index is 779. The summed E-state index contributed by atoms with van der Waals surface area (Å²) in [4.78, 5) is -0.227. The van der Waals surface area contributed by atoms with Gasteiger partial charge in [0, 0.05) is 16.1 Å². The van der Waals surface area contributed by atoms with E-state index in [1.807, 2.05) is 0 Å². The highest BCUT2D eigenvalue weighted by atomic mass is 35.7. The smallest absolute Gasteiger partial charge is 0.207 e. The molecule has 0 aliphatic rings. The number of nitrogens with zero attached hydrogens (tertiary/aromatic N) is 4. The first kappa shape index (κ1) is 16.5. The van der Waals surface area contributed by atoms with Gasteiger partial charge < -0.3 is 0 Å². The molecule has 0 bridgehead atoms. The van der Waals surface area contributed by atoms with Gasteiger partial charge in [0.1, 0.15) is 4.90 Å². The molecule has 2 rings (SSSR count). The highest BCUT2D eigenvalue weighted by Gasteiger charge is 2.33. The Hall–Kier alpha value is -0.890. The zero-order chi connectivity index (χ0) is 16.0. The molecule has 0 unspecified atom stereocenters. The first-order chi connectivity index (χ1) is 9.51. The van der Waals surface area contributed by atoms with Crippen molar-refractivity contribution in [3.8, 4) is 5.82 Å². The summed E-state index contributed by atoms with van der Waals surface area (Å²) in [6.45, 7) is 5.40. The van der Waals surface area contributed by atoms with Crippen LogP contribution in [0.25, 0.3) is 5.82 Å². The molecule has 6 nitrogen and oxygen atoms in total. The van der Waals surface area contributed by atoms with E-state index in [0.717, 1.165) is 0 Å². The van der Waals surface area contributed by atoms with Crippen molar-refractivity contribution in [1.29, 1.82) is 0 Å². The van der Waals surface area contributed by atoms with Crippen molar-refractivity contribution in [2.75, 3.05) is 0 Å². The molecular formula is C11H11Cl3N4O2S. The lowest BCUT2D eigenvalue weighted by molar-refractivity contribution is 0.544. The van der Waals surface area contributed by atoms with Crippen LogP contribution in [0.15, 0.2) is 17.0 Å². The average Bonchev–Trinajstić information content (AvgIpc) is 2.67. The predicted molar refractivity (Wildman–Crippen MR) is 80.9 cm³/mol. The fraction of sp³-hybridized carbons (Fsp3) is 0.364. The van der Waals surface area contributed by atoms with Crippen LogP contribution in [0.5, 0.6) is 0 Å². The molecule has 2 aromatic rings. The Balaban J connectivity index is 2.76. The molecule has 2 heterocycles. The summed E-state index contributed by atoms with van der Waals surface area (Å²) < 4.78 is 24.7. The molecule has 0 spiro atoms. The summed E-state index contributed by atoms with van der Waals surface area (Å²) in [5.74, 6) is 0.237. The molecular weight excluding hydrogens is 359 g/mol. The molecule has 0 atom stereocenters. The van der Waals surface area contributed by atoms with Crippen LogP contribution >= 0.6 is 33.9 Å². The summed E-state index contributed by atoms with van der Waals surface area (Å²) in [5.41, 5.74) is -0.328. The minimum atomic E-state index is -4.06. The Morgan fingerprint density at radius 3 is 2.14 bits per heavy atom.